The van der Waals surface area contributed by atoms with Crippen LogP contribution in [0.15, 0.2) is 16.5 Å². The van der Waals surface area contributed by atoms with E-state index in [9.17, 15) is 19.5 Å². The number of likely N-dealkylation sites (tertiary alicyclic amines) is 2. The zero-order valence-corrected chi connectivity index (χ0v) is 14.5. The van der Waals surface area contributed by atoms with Gasteiger partial charge in [-0.15, -0.1) is 0 Å². The molecule has 3 heterocycles. The number of nitrogens with zero attached hydrogens (tertiary/aromatic N) is 2. The number of carbonyl (C=O) groups excluding carboxylic acids is 2. The van der Waals surface area contributed by atoms with Gasteiger partial charge in [0.05, 0.1) is 5.75 Å². The molecular weight excluding hydrogens is 332 g/mol. The van der Waals surface area contributed by atoms with Crippen molar-refractivity contribution in [3.05, 3.63) is 23.7 Å². The highest BCUT2D eigenvalue weighted by Crippen LogP contribution is 2.43. The second kappa shape index (κ2) is 6.16. The fourth-order valence-corrected chi connectivity index (χ4v) is 4.07. The first kappa shape index (κ1) is 16.9. The molecule has 0 saturated carbocycles. The number of amides is 2. The molecule has 0 aliphatic carbocycles. The van der Waals surface area contributed by atoms with Crippen molar-refractivity contribution in [2.45, 2.75) is 12.7 Å². The molecule has 130 valence electrons. The van der Waals surface area contributed by atoms with E-state index in [1.165, 1.54) is 11.8 Å². The molecule has 1 aromatic rings. The minimum Gasteiger partial charge on any atom is -0.481 e. The summed E-state index contributed by atoms with van der Waals surface area (Å²) >= 11 is 1.60. The molecule has 8 heteroatoms. The molecule has 3 rings (SSSR count). The van der Waals surface area contributed by atoms with Gasteiger partial charge >= 0.3 is 5.97 Å². The molecule has 2 aliphatic rings. The Hall–Kier alpha value is -1.96. The summed E-state index contributed by atoms with van der Waals surface area (Å²) in [6.07, 6.45) is 1.95. The van der Waals surface area contributed by atoms with Crippen molar-refractivity contribution in [1.29, 1.82) is 0 Å². The van der Waals surface area contributed by atoms with Crippen LogP contribution in [-0.2, 0) is 15.3 Å². The number of hydrogen-bond acceptors (Lipinski definition) is 5. The average molecular weight is 352 g/mol. The molecule has 0 bridgehead atoms. The van der Waals surface area contributed by atoms with E-state index >= 15 is 0 Å². The number of carboxylic acid groups (broad SMARTS) is 1. The van der Waals surface area contributed by atoms with Crippen molar-refractivity contribution in [2.75, 3.05) is 32.4 Å². The van der Waals surface area contributed by atoms with Crippen LogP contribution in [0.4, 0.5) is 0 Å². The molecule has 7 nitrogen and oxygen atoms in total. The van der Waals surface area contributed by atoms with Gasteiger partial charge in [0.25, 0.3) is 5.91 Å². The molecule has 1 N–H and O–H groups in total. The van der Waals surface area contributed by atoms with Crippen LogP contribution in [-0.4, -0.2) is 65.1 Å². The first-order chi connectivity index (χ1) is 11.4. The van der Waals surface area contributed by atoms with E-state index in [0.29, 0.717) is 18.8 Å². The largest absolute Gasteiger partial charge is 0.481 e. The zero-order chi connectivity index (χ0) is 17.5. The Kier molecular flexibility index (Phi) is 4.33. The molecule has 0 radical (unpaired) electrons. The van der Waals surface area contributed by atoms with E-state index in [0.717, 1.165) is 5.76 Å². The number of hydrogen-bond donors (Lipinski definition) is 1. The van der Waals surface area contributed by atoms with Crippen molar-refractivity contribution in [3.63, 3.8) is 0 Å². The Morgan fingerprint density at radius 1 is 1.29 bits per heavy atom. The van der Waals surface area contributed by atoms with Crippen molar-refractivity contribution in [2.24, 2.45) is 11.3 Å². The van der Waals surface area contributed by atoms with Gasteiger partial charge in [0, 0.05) is 39.0 Å². The fourth-order valence-electron chi connectivity index (χ4n) is 3.63. The predicted octanol–water partition coefficient (Wildman–Crippen LogP) is 1.15. The Balaban J connectivity index is 1.77. The molecule has 24 heavy (non-hydrogen) atoms. The molecule has 2 fully saturated rings. The van der Waals surface area contributed by atoms with Gasteiger partial charge in [-0.1, -0.05) is 0 Å². The molecule has 2 saturated heterocycles. The summed E-state index contributed by atoms with van der Waals surface area (Å²) in [5, 5.41) is 9.72. The van der Waals surface area contributed by atoms with Crippen LogP contribution in [0.5, 0.6) is 0 Å². The van der Waals surface area contributed by atoms with Gasteiger partial charge in [0.1, 0.15) is 11.2 Å². The summed E-state index contributed by atoms with van der Waals surface area (Å²) in [7, 11) is 0. The number of carboxylic acids is 1. The third-order valence-corrected chi connectivity index (χ3v) is 5.50. The molecule has 1 aromatic heterocycles. The fraction of sp³-hybridized carbons (Fsp3) is 0.562. The summed E-state index contributed by atoms with van der Waals surface area (Å²) in [5.74, 6) is 0.0339. The third-order valence-electron chi connectivity index (χ3n) is 4.93. The van der Waals surface area contributed by atoms with E-state index in [2.05, 4.69) is 0 Å². The molecule has 2 aliphatic heterocycles. The van der Waals surface area contributed by atoms with E-state index < -0.39 is 11.4 Å². The lowest BCUT2D eigenvalue weighted by Crippen LogP contribution is -2.42. The average Bonchev–Trinajstić information content (AvgIpc) is 3.18. The highest BCUT2D eigenvalue weighted by atomic mass is 32.2. The van der Waals surface area contributed by atoms with Gasteiger partial charge in [-0.05, 0) is 18.4 Å². The smallest absolute Gasteiger partial charge is 0.313 e. The summed E-state index contributed by atoms with van der Waals surface area (Å²) in [6, 6.07) is 3.41. The number of fused-ring (bicyclic) bond motifs is 1. The molecule has 2 atom stereocenters. The molecule has 2 amide bonds. The zero-order valence-electron chi connectivity index (χ0n) is 13.7. The standard InChI is InChI=1S/C16H20N2O5S/c1-10(19)17-5-11-6-18(9-16(11,8-17)15(21)22)14(20)13-4-3-12(23-13)7-24-2/h3-4,11H,5-9H2,1-2H3,(H,21,22)/t11?,16-/m1/s1. The maximum Gasteiger partial charge on any atom is 0.313 e. The summed E-state index contributed by atoms with van der Waals surface area (Å²) in [4.78, 5) is 39.2. The minimum absolute atomic E-state index is 0.105. The predicted molar refractivity (Wildman–Crippen MR) is 87.6 cm³/mol. The lowest BCUT2D eigenvalue weighted by atomic mass is 9.81. The van der Waals surface area contributed by atoms with Gasteiger partial charge < -0.3 is 19.3 Å². The summed E-state index contributed by atoms with van der Waals surface area (Å²) < 4.78 is 5.55. The Morgan fingerprint density at radius 2 is 1.96 bits per heavy atom. The highest BCUT2D eigenvalue weighted by molar-refractivity contribution is 7.97. The second-order valence-corrected chi connectivity index (χ2v) is 7.31. The monoisotopic (exact) mass is 352 g/mol. The molecule has 1 unspecified atom stereocenters. The third kappa shape index (κ3) is 2.68. The number of aliphatic carboxylic acids is 1. The van der Waals surface area contributed by atoms with E-state index in [4.69, 9.17) is 4.42 Å². The Bertz CT molecular complexity index is 688. The second-order valence-electron chi connectivity index (χ2n) is 6.44. The Morgan fingerprint density at radius 3 is 2.54 bits per heavy atom. The van der Waals surface area contributed by atoms with E-state index in [1.54, 1.807) is 28.8 Å². The van der Waals surface area contributed by atoms with Crippen LogP contribution < -0.4 is 0 Å². The number of rotatable bonds is 4. The number of furan rings is 1. The van der Waals surface area contributed by atoms with Gasteiger partial charge in [-0.2, -0.15) is 11.8 Å². The number of carbonyl (C=O) groups is 3. The van der Waals surface area contributed by atoms with Gasteiger partial charge in [-0.3, -0.25) is 14.4 Å². The van der Waals surface area contributed by atoms with E-state index in [-0.39, 0.29) is 36.6 Å². The van der Waals surface area contributed by atoms with Crippen LogP contribution in [0.2, 0.25) is 0 Å². The molecular formula is C16H20N2O5S. The SMILES string of the molecule is CSCc1ccc(C(=O)N2CC3CN(C(C)=O)C[C@@]3(C(=O)O)C2)o1. The maximum atomic E-state index is 12.6. The number of thioether (sulfide) groups is 1. The minimum atomic E-state index is -1.07. The topological polar surface area (TPSA) is 91.1 Å². The van der Waals surface area contributed by atoms with E-state index in [1.807, 2.05) is 6.26 Å². The van der Waals surface area contributed by atoms with Crippen LogP contribution in [0.25, 0.3) is 0 Å². The quantitative estimate of drug-likeness (QED) is 0.874. The van der Waals surface area contributed by atoms with Crippen molar-refractivity contribution in [1.82, 2.24) is 9.80 Å². The normalized spacial score (nSPS) is 25.8. The lowest BCUT2D eigenvalue weighted by molar-refractivity contribution is -0.149. The van der Waals surface area contributed by atoms with Crippen LogP contribution in [0.1, 0.15) is 23.2 Å². The molecule has 0 aromatic carbocycles. The highest BCUT2D eigenvalue weighted by Gasteiger charge is 2.59. The van der Waals surface area contributed by atoms with Crippen molar-refractivity contribution in [3.8, 4) is 0 Å². The lowest BCUT2D eigenvalue weighted by Gasteiger charge is -2.24. The van der Waals surface area contributed by atoms with Gasteiger partial charge in [0.15, 0.2) is 5.76 Å². The van der Waals surface area contributed by atoms with Gasteiger partial charge in [0.2, 0.25) is 5.91 Å². The van der Waals surface area contributed by atoms with Crippen LogP contribution in [0, 0.1) is 11.3 Å². The molecule has 0 spiro atoms. The summed E-state index contributed by atoms with van der Waals surface area (Å²) in [5.41, 5.74) is -1.07. The maximum absolute atomic E-state index is 12.6. The van der Waals surface area contributed by atoms with Gasteiger partial charge in [-0.25, -0.2) is 0 Å². The van der Waals surface area contributed by atoms with Crippen LogP contribution >= 0.6 is 11.8 Å². The van der Waals surface area contributed by atoms with Crippen molar-refractivity contribution < 1.29 is 23.9 Å². The Labute approximate surface area is 144 Å². The van der Waals surface area contributed by atoms with Crippen LogP contribution in [0.3, 0.4) is 0 Å². The summed E-state index contributed by atoms with van der Waals surface area (Å²) in [6.45, 7) is 2.40. The first-order valence-electron chi connectivity index (χ1n) is 7.73. The van der Waals surface area contributed by atoms with Crippen molar-refractivity contribution >= 4 is 29.5 Å². The first-order valence-corrected chi connectivity index (χ1v) is 9.12.